The van der Waals surface area contributed by atoms with Crippen LogP contribution in [0.3, 0.4) is 0 Å². The fourth-order valence-corrected chi connectivity index (χ4v) is 4.64. The molecule has 0 aliphatic carbocycles. The molecule has 3 rings (SSSR count). The number of hydrogen-bond acceptors (Lipinski definition) is 3. The number of fused-ring (bicyclic) bond motifs is 1. The van der Waals surface area contributed by atoms with Crippen LogP contribution in [-0.2, 0) is 12.8 Å². The second kappa shape index (κ2) is 5.47. The van der Waals surface area contributed by atoms with Gasteiger partial charge >= 0.3 is 0 Å². The summed E-state index contributed by atoms with van der Waals surface area (Å²) in [5.74, 6) is 0. The van der Waals surface area contributed by atoms with E-state index in [2.05, 4.69) is 53.5 Å². The Kier molecular flexibility index (Phi) is 3.73. The minimum absolute atomic E-state index is 0.553. The van der Waals surface area contributed by atoms with E-state index in [4.69, 9.17) is 0 Å². The Labute approximate surface area is 117 Å². The van der Waals surface area contributed by atoms with Crippen molar-refractivity contribution in [1.29, 1.82) is 0 Å². The van der Waals surface area contributed by atoms with Crippen LogP contribution in [0.1, 0.15) is 11.1 Å². The zero-order chi connectivity index (χ0) is 12.4. The molecule has 1 aromatic heterocycles. The van der Waals surface area contributed by atoms with Crippen molar-refractivity contribution in [1.82, 2.24) is 5.32 Å². The average molecular weight is 275 g/mol. The first kappa shape index (κ1) is 12.3. The van der Waals surface area contributed by atoms with E-state index in [1.807, 2.05) is 11.8 Å². The van der Waals surface area contributed by atoms with Crippen molar-refractivity contribution in [3.63, 3.8) is 0 Å². The number of rotatable bonds is 4. The van der Waals surface area contributed by atoms with E-state index in [0.29, 0.717) is 11.3 Å². The van der Waals surface area contributed by atoms with Gasteiger partial charge in [-0.25, -0.2) is 0 Å². The van der Waals surface area contributed by atoms with Gasteiger partial charge in [0.1, 0.15) is 0 Å². The molecule has 1 aliphatic rings. The molecule has 1 aromatic carbocycles. The van der Waals surface area contributed by atoms with Gasteiger partial charge in [0.05, 0.1) is 0 Å². The van der Waals surface area contributed by atoms with E-state index in [0.717, 1.165) is 6.42 Å². The van der Waals surface area contributed by atoms with E-state index in [1.165, 1.54) is 22.4 Å². The van der Waals surface area contributed by atoms with E-state index >= 15 is 0 Å². The van der Waals surface area contributed by atoms with Gasteiger partial charge in [0.15, 0.2) is 0 Å². The molecule has 0 fully saturated rings. The molecule has 3 heteroatoms. The molecule has 0 bridgehead atoms. The topological polar surface area (TPSA) is 12.0 Å². The normalized spacial score (nSPS) is 19.7. The van der Waals surface area contributed by atoms with Crippen LogP contribution < -0.4 is 5.32 Å². The van der Waals surface area contributed by atoms with Crippen LogP contribution in [0, 0.1) is 0 Å². The number of benzene rings is 1. The van der Waals surface area contributed by atoms with Gasteiger partial charge in [-0.2, -0.15) is 11.3 Å². The van der Waals surface area contributed by atoms with Gasteiger partial charge < -0.3 is 5.32 Å². The highest BCUT2D eigenvalue weighted by Crippen LogP contribution is 2.38. The van der Waals surface area contributed by atoms with Gasteiger partial charge in [0.25, 0.3) is 0 Å². The van der Waals surface area contributed by atoms with Gasteiger partial charge in [-0.15, -0.1) is 11.8 Å². The first-order chi connectivity index (χ1) is 8.86. The van der Waals surface area contributed by atoms with Gasteiger partial charge in [0.2, 0.25) is 0 Å². The highest BCUT2D eigenvalue weighted by atomic mass is 32.2. The Balaban J connectivity index is 1.71. The summed E-state index contributed by atoms with van der Waals surface area (Å²) in [7, 11) is 2.08. The number of thiophene rings is 1. The molecule has 2 unspecified atom stereocenters. The molecule has 2 aromatic rings. The molecule has 0 amide bonds. The molecule has 18 heavy (non-hydrogen) atoms. The second-order valence-electron chi connectivity index (χ2n) is 4.70. The molecule has 1 nitrogen and oxygen atoms in total. The van der Waals surface area contributed by atoms with Crippen LogP contribution >= 0.6 is 23.1 Å². The van der Waals surface area contributed by atoms with Crippen molar-refractivity contribution < 1.29 is 0 Å². The third kappa shape index (κ3) is 2.48. The Bertz CT molecular complexity index is 479. The fraction of sp³-hybridized carbons (Fsp3) is 0.333. The van der Waals surface area contributed by atoms with Crippen LogP contribution in [-0.4, -0.2) is 18.3 Å². The van der Waals surface area contributed by atoms with Crippen LogP contribution in [0.5, 0.6) is 0 Å². The lowest BCUT2D eigenvalue weighted by Gasteiger charge is -2.21. The standard InChI is InChI=1S/C15H17NS2/c1-16-13(8-11-6-7-17-10-11)15-9-12-4-2-3-5-14(12)18-15/h2-7,10,13,15-16H,8-9H2,1H3. The summed E-state index contributed by atoms with van der Waals surface area (Å²) in [4.78, 5) is 1.47. The van der Waals surface area contributed by atoms with E-state index in [-0.39, 0.29) is 0 Å². The first-order valence-corrected chi connectivity index (χ1v) is 8.12. The molecular weight excluding hydrogens is 258 g/mol. The quantitative estimate of drug-likeness (QED) is 0.915. The molecule has 0 saturated carbocycles. The summed E-state index contributed by atoms with van der Waals surface area (Å²) in [6.07, 6.45) is 2.32. The zero-order valence-electron chi connectivity index (χ0n) is 10.4. The zero-order valence-corrected chi connectivity index (χ0v) is 12.1. The number of thioether (sulfide) groups is 1. The Hall–Kier alpha value is -0.770. The maximum atomic E-state index is 3.50. The van der Waals surface area contributed by atoms with Crippen LogP contribution in [0.4, 0.5) is 0 Å². The van der Waals surface area contributed by atoms with Crippen molar-refractivity contribution in [3.8, 4) is 0 Å². The van der Waals surface area contributed by atoms with Crippen molar-refractivity contribution in [3.05, 3.63) is 52.2 Å². The van der Waals surface area contributed by atoms with Gasteiger partial charge in [0, 0.05) is 16.2 Å². The number of likely N-dealkylation sites (N-methyl/N-ethyl adjacent to an activating group) is 1. The van der Waals surface area contributed by atoms with Crippen LogP contribution in [0.2, 0.25) is 0 Å². The Morgan fingerprint density at radius 2 is 2.22 bits per heavy atom. The third-order valence-corrected chi connectivity index (χ3v) is 5.71. The van der Waals surface area contributed by atoms with Crippen molar-refractivity contribution in [2.75, 3.05) is 7.05 Å². The molecule has 0 spiro atoms. The van der Waals surface area contributed by atoms with Crippen molar-refractivity contribution >= 4 is 23.1 Å². The smallest absolute Gasteiger partial charge is 0.0292 e. The molecule has 2 atom stereocenters. The first-order valence-electron chi connectivity index (χ1n) is 6.29. The molecule has 2 heterocycles. The summed E-state index contributed by atoms with van der Waals surface area (Å²) in [5, 5.41) is 8.59. The lowest BCUT2D eigenvalue weighted by molar-refractivity contribution is 0.538. The molecule has 0 saturated heterocycles. The van der Waals surface area contributed by atoms with Crippen molar-refractivity contribution in [2.45, 2.75) is 29.0 Å². The lowest BCUT2D eigenvalue weighted by atomic mass is 10.0. The maximum Gasteiger partial charge on any atom is 0.0292 e. The largest absolute Gasteiger partial charge is 0.316 e. The van der Waals surface area contributed by atoms with E-state index < -0.39 is 0 Å². The molecule has 1 aliphatic heterocycles. The van der Waals surface area contributed by atoms with Gasteiger partial charge in [-0.05, 0) is 53.9 Å². The highest BCUT2D eigenvalue weighted by Gasteiger charge is 2.28. The Morgan fingerprint density at radius 1 is 1.33 bits per heavy atom. The van der Waals surface area contributed by atoms with Gasteiger partial charge in [-0.1, -0.05) is 18.2 Å². The molecular formula is C15H17NS2. The number of hydrogen-bond donors (Lipinski definition) is 1. The second-order valence-corrected chi connectivity index (χ2v) is 6.76. The minimum atomic E-state index is 0.553. The summed E-state index contributed by atoms with van der Waals surface area (Å²) >= 11 is 3.82. The van der Waals surface area contributed by atoms with Crippen molar-refractivity contribution in [2.24, 2.45) is 0 Å². The summed E-state index contributed by atoms with van der Waals surface area (Å²) < 4.78 is 0. The summed E-state index contributed by atoms with van der Waals surface area (Å²) in [5.41, 5.74) is 2.97. The van der Waals surface area contributed by atoms with Gasteiger partial charge in [-0.3, -0.25) is 0 Å². The summed E-state index contributed by atoms with van der Waals surface area (Å²) in [6, 6.07) is 11.6. The summed E-state index contributed by atoms with van der Waals surface area (Å²) in [6.45, 7) is 0. The number of nitrogens with one attached hydrogen (secondary N) is 1. The molecule has 1 N–H and O–H groups in total. The molecule has 0 radical (unpaired) electrons. The SMILES string of the molecule is CNC(Cc1ccsc1)C1Cc2ccccc2S1. The third-order valence-electron chi connectivity index (χ3n) is 3.53. The van der Waals surface area contributed by atoms with E-state index in [9.17, 15) is 0 Å². The highest BCUT2D eigenvalue weighted by molar-refractivity contribution is 8.00. The molecule has 94 valence electrons. The maximum absolute atomic E-state index is 3.50. The van der Waals surface area contributed by atoms with Crippen LogP contribution in [0.15, 0.2) is 46.0 Å². The Morgan fingerprint density at radius 3 is 2.94 bits per heavy atom. The van der Waals surface area contributed by atoms with E-state index in [1.54, 1.807) is 11.3 Å². The fourth-order valence-electron chi connectivity index (χ4n) is 2.52. The predicted molar refractivity (Wildman–Crippen MR) is 80.7 cm³/mol. The lowest BCUT2D eigenvalue weighted by Crippen LogP contribution is -2.37. The van der Waals surface area contributed by atoms with Crippen LogP contribution in [0.25, 0.3) is 0 Å². The minimum Gasteiger partial charge on any atom is -0.316 e. The predicted octanol–water partition coefficient (Wildman–Crippen LogP) is 3.60. The monoisotopic (exact) mass is 275 g/mol. The average Bonchev–Trinajstić information content (AvgIpc) is 3.04.